The zero-order valence-corrected chi connectivity index (χ0v) is 25.4. The van der Waals surface area contributed by atoms with Crippen molar-refractivity contribution in [3.8, 4) is 0 Å². The Balaban J connectivity index is 1.25. The molecule has 9 heteroatoms. The predicted molar refractivity (Wildman–Crippen MR) is 148 cm³/mol. The molecular formula is C32H46O9. The number of carbonyl (C=O) groups is 3. The maximum absolute atomic E-state index is 12.7. The van der Waals surface area contributed by atoms with Gasteiger partial charge in [0.2, 0.25) is 5.79 Å². The molecule has 9 nitrogen and oxygen atoms in total. The first kappa shape index (κ1) is 30.4. The molecule has 6 fully saturated rings. The first-order chi connectivity index (χ1) is 19.0. The van der Waals surface area contributed by atoms with E-state index in [0.717, 1.165) is 37.7 Å². The van der Waals surface area contributed by atoms with E-state index < -0.39 is 28.9 Å². The summed E-state index contributed by atoms with van der Waals surface area (Å²) in [5.74, 6) is -3.75. The molecule has 7 unspecified atom stereocenters. The summed E-state index contributed by atoms with van der Waals surface area (Å²) in [7, 11) is 0. The average Bonchev–Trinajstić information content (AvgIpc) is 3.25. The van der Waals surface area contributed by atoms with Crippen LogP contribution in [0.25, 0.3) is 0 Å². The van der Waals surface area contributed by atoms with Crippen LogP contribution in [0, 0.1) is 23.2 Å². The molecule has 6 rings (SSSR count). The summed E-state index contributed by atoms with van der Waals surface area (Å²) in [5, 5.41) is 11.1. The van der Waals surface area contributed by atoms with Crippen LogP contribution in [0.5, 0.6) is 0 Å². The molecule has 228 valence electrons. The van der Waals surface area contributed by atoms with Crippen LogP contribution in [0.4, 0.5) is 0 Å². The molecule has 1 saturated carbocycles. The number of Topliss-reactive ketones (excluding diaryl/α,β-unsaturated/α-hetero) is 1. The van der Waals surface area contributed by atoms with Crippen LogP contribution in [-0.4, -0.2) is 64.9 Å². The number of ketones is 1. The molecule has 2 bridgehead atoms. The lowest BCUT2D eigenvalue weighted by Crippen LogP contribution is -2.81. The summed E-state index contributed by atoms with van der Waals surface area (Å²) in [6.07, 6.45) is 6.87. The number of hydrogen-bond donors (Lipinski definition) is 1. The van der Waals surface area contributed by atoms with E-state index >= 15 is 0 Å². The molecule has 1 aliphatic carbocycles. The number of hydrogen-bond acceptors (Lipinski definition) is 9. The highest BCUT2D eigenvalue weighted by molar-refractivity contribution is 5.90. The molecule has 1 spiro atoms. The SMILES string of the molecule is C=C1CCC(CCC2CCC3(OC2)OC2(O)C(=O)CC3(C)OC2(C)C)C(C)(C)C1C(C=C1CCOC1=O)OC(C)=O. The lowest BCUT2D eigenvalue weighted by Gasteiger charge is -2.65. The number of carbonyl (C=O) groups excluding carboxylic acids is 3. The fraction of sp³-hybridized carbons (Fsp3) is 0.781. The van der Waals surface area contributed by atoms with E-state index in [0.29, 0.717) is 43.5 Å². The largest absolute Gasteiger partial charge is 0.462 e. The third kappa shape index (κ3) is 5.00. The average molecular weight is 575 g/mol. The molecule has 5 heterocycles. The van der Waals surface area contributed by atoms with Crippen molar-refractivity contribution in [3.63, 3.8) is 0 Å². The second-order valence-corrected chi connectivity index (χ2v) is 14.1. The molecule has 0 amide bonds. The van der Waals surface area contributed by atoms with Gasteiger partial charge in [-0.3, -0.25) is 9.59 Å². The summed E-state index contributed by atoms with van der Waals surface area (Å²) in [6, 6.07) is 0. The van der Waals surface area contributed by atoms with Gasteiger partial charge in [0.1, 0.15) is 17.3 Å². The summed E-state index contributed by atoms with van der Waals surface area (Å²) < 4.78 is 29.7. The Hall–Kier alpha value is -2.07. The minimum absolute atomic E-state index is 0.0521. The Morgan fingerprint density at radius 3 is 2.44 bits per heavy atom. The zero-order valence-electron chi connectivity index (χ0n) is 25.4. The van der Waals surface area contributed by atoms with E-state index in [2.05, 4.69) is 20.4 Å². The number of rotatable bonds is 6. The van der Waals surface area contributed by atoms with Gasteiger partial charge in [-0.25, -0.2) is 4.79 Å². The third-order valence-corrected chi connectivity index (χ3v) is 10.6. The van der Waals surface area contributed by atoms with Gasteiger partial charge in [-0.05, 0) is 76.2 Å². The Labute approximate surface area is 242 Å². The van der Waals surface area contributed by atoms with Crippen molar-refractivity contribution >= 4 is 17.7 Å². The minimum Gasteiger partial charge on any atom is -0.462 e. The summed E-state index contributed by atoms with van der Waals surface area (Å²) >= 11 is 0. The molecule has 0 aromatic rings. The molecule has 5 saturated heterocycles. The van der Waals surface area contributed by atoms with Crippen molar-refractivity contribution in [3.05, 3.63) is 23.8 Å². The van der Waals surface area contributed by atoms with Gasteiger partial charge in [-0.2, -0.15) is 0 Å². The lowest BCUT2D eigenvalue weighted by atomic mass is 9.57. The quantitative estimate of drug-likeness (QED) is 0.277. The Morgan fingerprint density at radius 1 is 1.12 bits per heavy atom. The molecule has 0 aromatic carbocycles. The van der Waals surface area contributed by atoms with Gasteiger partial charge >= 0.3 is 11.9 Å². The summed E-state index contributed by atoms with van der Waals surface area (Å²) in [5.41, 5.74) is -0.756. The van der Waals surface area contributed by atoms with E-state index in [1.807, 2.05) is 6.92 Å². The minimum atomic E-state index is -2.02. The van der Waals surface area contributed by atoms with Crippen molar-refractivity contribution < 1.29 is 43.2 Å². The Bertz CT molecular complexity index is 1140. The van der Waals surface area contributed by atoms with E-state index in [4.69, 9.17) is 23.7 Å². The first-order valence-corrected chi connectivity index (χ1v) is 15.1. The van der Waals surface area contributed by atoms with E-state index in [1.54, 1.807) is 19.9 Å². The third-order valence-electron chi connectivity index (χ3n) is 10.6. The number of ether oxygens (including phenoxy) is 5. The topological polar surface area (TPSA) is 118 Å². The maximum atomic E-state index is 12.7. The smallest absolute Gasteiger partial charge is 0.333 e. The van der Waals surface area contributed by atoms with Crippen LogP contribution in [0.1, 0.15) is 92.9 Å². The van der Waals surface area contributed by atoms with Gasteiger partial charge in [0.25, 0.3) is 5.79 Å². The highest BCUT2D eigenvalue weighted by Gasteiger charge is 2.74. The van der Waals surface area contributed by atoms with Crippen LogP contribution >= 0.6 is 0 Å². The second-order valence-electron chi connectivity index (χ2n) is 14.1. The number of cyclic esters (lactones) is 1. The zero-order chi connectivity index (χ0) is 30.0. The summed E-state index contributed by atoms with van der Waals surface area (Å²) in [6.45, 7) is 16.2. The van der Waals surface area contributed by atoms with Crippen molar-refractivity contribution in [2.75, 3.05) is 13.2 Å². The van der Waals surface area contributed by atoms with Crippen molar-refractivity contribution in [2.24, 2.45) is 23.2 Å². The van der Waals surface area contributed by atoms with E-state index in [9.17, 15) is 19.5 Å². The lowest BCUT2D eigenvalue weighted by molar-refractivity contribution is -0.496. The van der Waals surface area contributed by atoms with Gasteiger partial charge in [-0.15, -0.1) is 0 Å². The molecular weight excluding hydrogens is 528 g/mol. The van der Waals surface area contributed by atoms with E-state index in [1.165, 1.54) is 6.92 Å². The fourth-order valence-electron chi connectivity index (χ4n) is 8.16. The van der Waals surface area contributed by atoms with Gasteiger partial charge in [0.05, 0.1) is 13.2 Å². The number of esters is 2. The Morgan fingerprint density at radius 2 is 1.85 bits per heavy atom. The van der Waals surface area contributed by atoms with Gasteiger partial charge < -0.3 is 28.8 Å². The van der Waals surface area contributed by atoms with Crippen molar-refractivity contribution in [2.45, 2.75) is 122 Å². The highest BCUT2D eigenvalue weighted by atomic mass is 16.8. The van der Waals surface area contributed by atoms with Crippen LogP contribution < -0.4 is 0 Å². The fourth-order valence-corrected chi connectivity index (χ4v) is 8.16. The molecule has 6 aliphatic rings. The van der Waals surface area contributed by atoms with Gasteiger partial charge in [0.15, 0.2) is 5.78 Å². The molecule has 7 atom stereocenters. The molecule has 1 N–H and O–H groups in total. The number of fused-ring (bicyclic) bond motifs is 2. The van der Waals surface area contributed by atoms with E-state index in [-0.39, 0.29) is 35.5 Å². The van der Waals surface area contributed by atoms with Crippen LogP contribution in [0.2, 0.25) is 0 Å². The second kappa shape index (κ2) is 10.3. The highest BCUT2D eigenvalue weighted by Crippen LogP contribution is 2.58. The predicted octanol–water partition coefficient (Wildman–Crippen LogP) is 4.55. The molecule has 0 aromatic heterocycles. The van der Waals surface area contributed by atoms with Crippen molar-refractivity contribution in [1.82, 2.24) is 0 Å². The van der Waals surface area contributed by atoms with Crippen LogP contribution in [-0.2, 0) is 38.1 Å². The Kier molecular flexibility index (Phi) is 7.62. The molecule has 0 radical (unpaired) electrons. The number of aliphatic hydroxyl groups is 1. The van der Waals surface area contributed by atoms with Crippen molar-refractivity contribution in [1.29, 1.82) is 0 Å². The summed E-state index contributed by atoms with van der Waals surface area (Å²) in [4.78, 5) is 37.0. The van der Waals surface area contributed by atoms with Gasteiger partial charge in [0, 0.05) is 37.7 Å². The first-order valence-electron chi connectivity index (χ1n) is 15.1. The van der Waals surface area contributed by atoms with Gasteiger partial charge in [-0.1, -0.05) is 26.0 Å². The standard InChI is InChI=1S/C32H46O9/c1-19-8-10-23(28(3,4)26(19)24(39-20(2)33)16-22-13-15-37-27(22)35)11-9-21-12-14-31(38-18-21)30(7)17-25(34)32(36,41-31)29(5,6)40-30/h16,21,23-24,26,36H,1,8-15,17-18H2,2-7H3. The van der Waals surface area contributed by atoms with Crippen LogP contribution in [0.3, 0.4) is 0 Å². The molecule has 5 aliphatic heterocycles. The maximum Gasteiger partial charge on any atom is 0.333 e. The monoisotopic (exact) mass is 574 g/mol. The molecule has 41 heavy (non-hydrogen) atoms. The van der Waals surface area contributed by atoms with Crippen LogP contribution in [0.15, 0.2) is 23.8 Å². The normalized spacial score (nSPS) is 41.5.